The summed E-state index contributed by atoms with van der Waals surface area (Å²) in [7, 11) is 0. The lowest BCUT2D eigenvalue weighted by Crippen LogP contribution is -2.29. The van der Waals surface area contributed by atoms with Gasteiger partial charge in [-0.05, 0) is 91.0 Å². The van der Waals surface area contributed by atoms with Crippen LogP contribution in [0.1, 0.15) is 22.3 Å². The van der Waals surface area contributed by atoms with E-state index in [0.29, 0.717) is 5.82 Å². The fourth-order valence-electron chi connectivity index (χ4n) is 10.6. The summed E-state index contributed by atoms with van der Waals surface area (Å²) in [4.78, 5) is 11.0. The summed E-state index contributed by atoms with van der Waals surface area (Å²) in [6.45, 7) is 0. The second-order valence-electron chi connectivity index (χ2n) is 16.3. The van der Waals surface area contributed by atoms with Crippen LogP contribution in [0.15, 0.2) is 223 Å². The fourth-order valence-corrected chi connectivity index (χ4v) is 10.6. The van der Waals surface area contributed by atoms with Crippen LogP contribution in [0, 0.1) is 0 Å². The molecule has 13 rings (SSSR count). The highest BCUT2D eigenvalue weighted by molar-refractivity contribution is 6.09. The molecule has 0 atom stereocenters. The lowest BCUT2D eigenvalue weighted by atomic mass is 9.66. The molecule has 2 heterocycles. The van der Waals surface area contributed by atoms with Crippen LogP contribution in [0.4, 0.5) is 0 Å². The van der Waals surface area contributed by atoms with Crippen molar-refractivity contribution in [1.82, 2.24) is 9.97 Å². The van der Waals surface area contributed by atoms with E-state index < -0.39 is 5.41 Å². The predicted octanol–water partition coefficient (Wildman–Crippen LogP) is 15.1. The smallest absolute Gasteiger partial charge is 0.160 e. The van der Waals surface area contributed by atoms with E-state index in [1.165, 1.54) is 55.6 Å². The molecule has 0 aliphatic heterocycles. The van der Waals surface area contributed by atoms with E-state index in [1.54, 1.807) is 0 Å². The third kappa shape index (κ3) is 4.94. The zero-order valence-corrected chi connectivity index (χ0v) is 33.6. The molecule has 2 aliphatic carbocycles. The first-order valence-corrected chi connectivity index (χ1v) is 21.2. The zero-order chi connectivity index (χ0) is 40.8. The molecule has 0 fully saturated rings. The van der Waals surface area contributed by atoms with Gasteiger partial charge in [0.15, 0.2) is 5.82 Å². The molecule has 2 aromatic heterocycles. The molecule has 2 aliphatic rings. The Morgan fingerprint density at radius 3 is 1.48 bits per heavy atom. The van der Waals surface area contributed by atoms with Crippen LogP contribution in [-0.2, 0) is 5.41 Å². The van der Waals surface area contributed by atoms with Crippen LogP contribution in [0.5, 0.6) is 0 Å². The van der Waals surface area contributed by atoms with Crippen molar-refractivity contribution in [1.29, 1.82) is 0 Å². The number of aromatic nitrogens is 2. The molecular formula is C59H36N2O. The van der Waals surface area contributed by atoms with Crippen LogP contribution in [0.25, 0.3) is 100 Å². The van der Waals surface area contributed by atoms with E-state index in [0.717, 1.165) is 61.1 Å². The van der Waals surface area contributed by atoms with Gasteiger partial charge >= 0.3 is 0 Å². The zero-order valence-electron chi connectivity index (χ0n) is 33.6. The summed E-state index contributed by atoms with van der Waals surface area (Å²) in [5.41, 5.74) is 20.4. The van der Waals surface area contributed by atoms with Gasteiger partial charge in [-0.25, -0.2) is 9.97 Å². The quantitative estimate of drug-likeness (QED) is 0.178. The van der Waals surface area contributed by atoms with E-state index in [2.05, 4.69) is 206 Å². The molecule has 9 aromatic carbocycles. The summed E-state index contributed by atoms with van der Waals surface area (Å²) in [5, 5.41) is 2.15. The topological polar surface area (TPSA) is 38.9 Å². The third-order valence-corrected chi connectivity index (χ3v) is 13.2. The average Bonchev–Trinajstić information content (AvgIpc) is 3.85. The van der Waals surface area contributed by atoms with E-state index in [9.17, 15) is 0 Å². The Morgan fingerprint density at radius 2 is 0.790 bits per heavy atom. The second kappa shape index (κ2) is 13.4. The Hall–Kier alpha value is -8.14. The van der Waals surface area contributed by atoms with Crippen molar-refractivity contribution >= 4 is 21.9 Å². The minimum absolute atomic E-state index is 0.559. The molecule has 0 unspecified atom stereocenters. The average molecular weight is 789 g/mol. The molecule has 0 amide bonds. The van der Waals surface area contributed by atoms with Gasteiger partial charge < -0.3 is 4.42 Å². The van der Waals surface area contributed by atoms with Gasteiger partial charge in [0, 0.05) is 27.5 Å². The van der Waals surface area contributed by atoms with Gasteiger partial charge in [-0.3, -0.25) is 0 Å². The van der Waals surface area contributed by atoms with Gasteiger partial charge in [0.25, 0.3) is 0 Å². The molecule has 0 radical (unpaired) electrons. The molecule has 11 aromatic rings. The van der Waals surface area contributed by atoms with Crippen LogP contribution in [0.2, 0.25) is 0 Å². The van der Waals surface area contributed by atoms with E-state index in [-0.39, 0.29) is 0 Å². The molecule has 1 spiro atoms. The molecule has 3 nitrogen and oxygen atoms in total. The first-order valence-electron chi connectivity index (χ1n) is 21.2. The first-order chi connectivity index (χ1) is 30.8. The summed E-state index contributed by atoms with van der Waals surface area (Å²) < 4.78 is 6.63. The van der Waals surface area contributed by atoms with Crippen LogP contribution in [-0.4, -0.2) is 9.97 Å². The minimum atomic E-state index is -0.559. The van der Waals surface area contributed by atoms with E-state index >= 15 is 0 Å². The Kier molecular flexibility index (Phi) is 7.52. The van der Waals surface area contributed by atoms with Gasteiger partial charge in [-0.1, -0.05) is 194 Å². The Labute approximate surface area is 359 Å². The van der Waals surface area contributed by atoms with E-state index in [1.807, 2.05) is 12.1 Å². The highest BCUT2D eigenvalue weighted by Crippen LogP contribution is 2.61. The van der Waals surface area contributed by atoms with Gasteiger partial charge in [0.2, 0.25) is 0 Å². The number of para-hydroxylation sites is 2. The maximum absolute atomic E-state index is 6.63. The molecular weight excluding hydrogens is 753 g/mol. The van der Waals surface area contributed by atoms with Crippen LogP contribution in [0.3, 0.4) is 0 Å². The minimum Gasteiger partial charge on any atom is -0.455 e. The number of fused-ring (bicyclic) bond motifs is 15. The molecule has 0 N–H and O–H groups in total. The monoisotopic (exact) mass is 788 g/mol. The maximum atomic E-state index is 6.63. The predicted molar refractivity (Wildman–Crippen MR) is 253 cm³/mol. The second-order valence-corrected chi connectivity index (χ2v) is 16.3. The normalized spacial score (nSPS) is 13.0. The third-order valence-electron chi connectivity index (χ3n) is 13.2. The standard InChI is InChI=1S/C59H36N2O/c1-2-17-37(18-3-1)39-19-4-7-25-45(39)54-36-55(48-28-16-27-47-46-26-11-15-32-56(46)62-57(47)48)61-58(60-54)38-33-34-53-49(35-38)41-21-6-5-20-40(41)42-22-8-12-29-50(42)59(53)51-30-13-9-23-43(51)44-24-10-14-31-52(44)59/h1-36H. The van der Waals surface area contributed by atoms with Crippen molar-refractivity contribution in [3.63, 3.8) is 0 Å². The first kappa shape index (κ1) is 34.7. The Morgan fingerprint density at radius 1 is 0.306 bits per heavy atom. The summed E-state index contributed by atoms with van der Waals surface area (Å²) in [6.07, 6.45) is 0. The fraction of sp³-hybridized carbons (Fsp3) is 0.0169. The number of hydrogen-bond donors (Lipinski definition) is 0. The van der Waals surface area contributed by atoms with E-state index in [4.69, 9.17) is 14.4 Å². The van der Waals surface area contributed by atoms with Gasteiger partial charge in [-0.15, -0.1) is 0 Å². The van der Waals surface area contributed by atoms with Gasteiger partial charge in [0.05, 0.1) is 16.8 Å². The van der Waals surface area contributed by atoms with Crippen molar-refractivity contribution in [2.75, 3.05) is 0 Å². The Bertz CT molecular complexity index is 3550. The summed E-state index contributed by atoms with van der Waals surface area (Å²) >= 11 is 0. The molecule has 0 saturated carbocycles. The number of furan rings is 1. The largest absolute Gasteiger partial charge is 0.455 e. The number of rotatable bonds is 4. The van der Waals surface area contributed by atoms with Crippen molar-refractivity contribution in [3.05, 3.63) is 241 Å². The maximum Gasteiger partial charge on any atom is 0.160 e. The lowest BCUT2D eigenvalue weighted by Gasteiger charge is -2.35. The van der Waals surface area contributed by atoms with Crippen molar-refractivity contribution < 1.29 is 4.42 Å². The molecule has 62 heavy (non-hydrogen) atoms. The molecule has 288 valence electrons. The Balaban J connectivity index is 1.10. The lowest BCUT2D eigenvalue weighted by molar-refractivity contribution is 0.670. The SMILES string of the molecule is c1ccc(-c2ccccc2-c2cc(-c3cccc4c3oc3ccccc34)nc(-c3ccc4c(c3)-c3ccccc3-c3ccccc3C43c4ccccc4-c4ccccc43)n2)cc1. The highest BCUT2D eigenvalue weighted by atomic mass is 16.3. The van der Waals surface area contributed by atoms with Crippen LogP contribution < -0.4 is 0 Å². The van der Waals surface area contributed by atoms with Gasteiger partial charge in [0.1, 0.15) is 11.2 Å². The summed E-state index contributed by atoms with van der Waals surface area (Å²) in [6, 6.07) is 78.6. The number of nitrogens with zero attached hydrogens (tertiary/aromatic N) is 2. The number of hydrogen-bond acceptors (Lipinski definition) is 3. The van der Waals surface area contributed by atoms with Crippen molar-refractivity contribution in [3.8, 4) is 78.4 Å². The molecule has 0 bridgehead atoms. The van der Waals surface area contributed by atoms with Crippen molar-refractivity contribution in [2.45, 2.75) is 5.41 Å². The van der Waals surface area contributed by atoms with Gasteiger partial charge in [-0.2, -0.15) is 0 Å². The molecule has 3 heteroatoms. The molecule has 0 saturated heterocycles. The van der Waals surface area contributed by atoms with Crippen molar-refractivity contribution in [2.24, 2.45) is 0 Å². The van der Waals surface area contributed by atoms with Crippen LogP contribution >= 0.6 is 0 Å². The highest BCUT2D eigenvalue weighted by Gasteiger charge is 2.49. The number of benzene rings is 9. The summed E-state index contributed by atoms with van der Waals surface area (Å²) in [5.74, 6) is 0.650.